The number of methoxy groups -OCH3 is 2. The lowest BCUT2D eigenvalue weighted by atomic mass is 10.1. The summed E-state index contributed by atoms with van der Waals surface area (Å²) in [7, 11) is -1.42. The molecule has 0 bridgehead atoms. The predicted octanol–water partition coefficient (Wildman–Crippen LogP) is 3.05. The van der Waals surface area contributed by atoms with Crippen LogP contribution in [0, 0.1) is 0 Å². The van der Waals surface area contributed by atoms with Crippen molar-refractivity contribution in [1.29, 1.82) is 0 Å². The molecule has 3 aromatic carbocycles. The first-order valence-electron chi connectivity index (χ1n) is 11.5. The molecule has 1 heterocycles. The number of esters is 1. The van der Waals surface area contributed by atoms with Crippen LogP contribution in [0.25, 0.3) is 0 Å². The zero-order valence-corrected chi connectivity index (χ0v) is 21.2. The minimum Gasteiger partial charge on any atom is -0.497 e. The van der Waals surface area contributed by atoms with Crippen LogP contribution in [-0.2, 0) is 30.8 Å². The van der Waals surface area contributed by atoms with E-state index in [-0.39, 0.29) is 29.1 Å². The molecule has 1 fully saturated rings. The Balaban J connectivity index is 1.66. The Hall–Kier alpha value is -4.02. The molecule has 10 heteroatoms. The van der Waals surface area contributed by atoms with Crippen molar-refractivity contribution >= 4 is 33.5 Å². The molecule has 3 aromatic rings. The summed E-state index contributed by atoms with van der Waals surface area (Å²) in [6, 6.07) is 19.7. The van der Waals surface area contributed by atoms with Crippen LogP contribution < -0.4 is 9.64 Å². The summed E-state index contributed by atoms with van der Waals surface area (Å²) >= 11 is 0. The molecule has 37 heavy (non-hydrogen) atoms. The van der Waals surface area contributed by atoms with Gasteiger partial charge in [0, 0.05) is 6.54 Å². The molecule has 4 rings (SSSR count). The fourth-order valence-corrected chi connectivity index (χ4v) is 5.77. The van der Waals surface area contributed by atoms with E-state index >= 15 is 0 Å². The summed E-state index contributed by atoms with van der Waals surface area (Å²) in [5, 5.41) is 0. The fraction of sp³-hybridized carbons (Fsp3) is 0.222. The lowest BCUT2D eigenvalue weighted by molar-refractivity contribution is -0.122. The SMILES string of the molecule is COC(=O)c1ccc(N2C(=O)CC(N(CCc3ccccc3)S(=O)(=O)c3ccc(OC)cc3)C2=O)cc1. The van der Waals surface area contributed by atoms with Crippen LogP contribution in [0.2, 0.25) is 0 Å². The van der Waals surface area contributed by atoms with Gasteiger partial charge < -0.3 is 9.47 Å². The highest BCUT2D eigenvalue weighted by molar-refractivity contribution is 7.89. The summed E-state index contributed by atoms with van der Waals surface area (Å²) in [6.45, 7) is -0.00280. The molecule has 1 aliphatic heterocycles. The van der Waals surface area contributed by atoms with Crippen LogP contribution in [0.3, 0.4) is 0 Å². The van der Waals surface area contributed by atoms with Gasteiger partial charge in [-0.05, 0) is 60.5 Å². The number of benzene rings is 3. The fourth-order valence-electron chi connectivity index (χ4n) is 4.19. The molecular weight excluding hydrogens is 496 g/mol. The molecule has 9 nitrogen and oxygen atoms in total. The third-order valence-electron chi connectivity index (χ3n) is 6.15. The van der Waals surface area contributed by atoms with Crippen molar-refractivity contribution in [2.24, 2.45) is 0 Å². The van der Waals surface area contributed by atoms with Crippen LogP contribution in [0.5, 0.6) is 5.75 Å². The highest BCUT2D eigenvalue weighted by Crippen LogP contribution is 2.30. The van der Waals surface area contributed by atoms with E-state index < -0.39 is 33.8 Å². The molecule has 2 amide bonds. The average molecular weight is 523 g/mol. The summed E-state index contributed by atoms with van der Waals surface area (Å²) in [5.74, 6) is -1.25. The van der Waals surface area contributed by atoms with Crippen molar-refractivity contribution < 1.29 is 32.3 Å². The van der Waals surface area contributed by atoms with Crippen LogP contribution in [0.4, 0.5) is 5.69 Å². The van der Waals surface area contributed by atoms with E-state index in [1.54, 1.807) is 0 Å². The van der Waals surface area contributed by atoms with Crippen LogP contribution in [0.15, 0.2) is 83.8 Å². The van der Waals surface area contributed by atoms with E-state index in [0.717, 1.165) is 14.8 Å². The quantitative estimate of drug-likeness (QED) is 0.314. The maximum atomic E-state index is 13.7. The number of carbonyl (C=O) groups is 3. The van der Waals surface area contributed by atoms with Gasteiger partial charge in [0.1, 0.15) is 11.8 Å². The smallest absolute Gasteiger partial charge is 0.337 e. The normalized spacial score (nSPS) is 15.8. The van der Waals surface area contributed by atoms with Crippen molar-refractivity contribution in [3.05, 3.63) is 90.0 Å². The second-order valence-corrected chi connectivity index (χ2v) is 10.2. The van der Waals surface area contributed by atoms with Gasteiger partial charge in [-0.2, -0.15) is 4.31 Å². The Morgan fingerprint density at radius 2 is 1.59 bits per heavy atom. The van der Waals surface area contributed by atoms with Crippen molar-refractivity contribution in [2.45, 2.75) is 23.8 Å². The van der Waals surface area contributed by atoms with Gasteiger partial charge in [-0.25, -0.2) is 18.1 Å². The third-order valence-corrected chi connectivity index (χ3v) is 8.07. The van der Waals surface area contributed by atoms with Gasteiger partial charge in [-0.15, -0.1) is 0 Å². The number of anilines is 1. The monoisotopic (exact) mass is 522 g/mol. The second kappa shape index (κ2) is 10.9. The van der Waals surface area contributed by atoms with Crippen LogP contribution in [-0.4, -0.2) is 57.3 Å². The van der Waals surface area contributed by atoms with Crippen molar-refractivity contribution in [3.8, 4) is 5.75 Å². The molecule has 0 aromatic heterocycles. The van der Waals surface area contributed by atoms with Gasteiger partial charge in [0.05, 0.1) is 36.8 Å². The first-order valence-corrected chi connectivity index (χ1v) is 12.9. The average Bonchev–Trinajstić information content (AvgIpc) is 3.22. The third kappa shape index (κ3) is 5.40. The number of imide groups is 1. The number of nitrogens with zero attached hydrogens (tertiary/aromatic N) is 2. The van der Waals surface area contributed by atoms with Crippen LogP contribution in [0.1, 0.15) is 22.3 Å². The maximum Gasteiger partial charge on any atom is 0.337 e. The van der Waals surface area contributed by atoms with Gasteiger partial charge in [0.25, 0.3) is 5.91 Å². The molecule has 1 aliphatic rings. The molecule has 1 atom stereocenters. The highest BCUT2D eigenvalue weighted by Gasteiger charge is 2.46. The van der Waals surface area contributed by atoms with Gasteiger partial charge in [0.2, 0.25) is 15.9 Å². The van der Waals surface area contributed by atoms with Gasteiger partial charge in [-0.3, -0.25) is 9.59 Å². The lowest BCUT2D eigenvalue weighted by Crippen LogP contribution is -2.46. The Morgan fingerprint density at radius 1 is 0.946 bits per heavy atom. The second-order valence-electron chi connectivity index (χ2n) is 8.35. The zero-order valence-electron chi connectivity index (χ0n) is 20.4. The summed E-state index contributed by atoms with van der Waals surface area (Å²) < 4.78 is 38.4. The van der Waals surface area contributed by atoms with Crippen molar-refractivity contribution in [1.82, 2.24) is 4.31 Å². The molecule has 0 aliphatic carbocycles. The van der Waals surface area contributed by atoms with Gasteiger partial charge in [0.15, 0.2) is 0 Å². The Kier molecular flexibility index (Phi) is 7.70. The van der Waals surface area contributed by atoms with Gasteiger partial charge in [-0.1, -0.05) is 30.3 Å². The summed E-state index contributed by atoms with van der Waals surface area (Å²) in [5.41, 5.74) is 1.40. The number of rotatable bonds is 9. The van der Waals surface area contributed by atoms with E-state index in [1.807, 2.05) is 30.3 Å². The molecule has 0 radical (unpaired) electrons. The minimum absolute atomic E-state index is 0.00280. The largest absolute Gasteiger partial charge is 0.497 e. The summed E-state index contributed by atoms with van der Waals surface area (Å²) in [4.78, 5) is 39.2. The van der Waals surface area contributed by atoms with E-state index in [2.05, 4.69) is 4.74 Å². The Morgan fingerprint density at radius 3 is 2.19 bits per heavy atom. The van der Waals surface area contributed by atoms with E-state index in [0.29, 0.717) is 12.2 Å². The number of carbonyl (C=O) groups excluding carboxylic acids is 3. The van der Waals surface area contributed by atoms with Gasteiger partial charge >= 0.3 is 5.97 Å². The molecule has 0 N–H and O–H groups in total. The molecule has 0 saturated carbocycles. The number of hydrogen-bond acceptors (Lipinski definition) is 7. The maximum absolute atomic E-state index is 13.7. The summed E-state index contributed by atoms with van der Waals surface area (Å²) in [6.07, 6.45) is 0.0454. The highest BCUT2D eigenvalue weighted by atomic mass is 32.2. The standard InChI is InChI=1S/C27H26N2O7S/c1-35-22-12-14-23(15-13-22)37(33,34)28(17-16-19-6-4-3-5-7-19)24-18-25(30)29(26(24)31)21-10-8-20(9-11-21)27(32)36-2/h3-15,24H,16-18H2,1-2H3. The first-order chi connectivity index (χ1) is 17.8. The van der Waals surface area contributed by atoms with E-state index in [1.165, 1.54) is 62.8 Å². The molecule has 1 saturated heterocycles. The zero-order chi connectivity index (χ0) is 26.6. The van der Waals surface area contributed by atoms with Crippen molar-refractivity contribution in [3.63, 3.8) is 0 Å². The number of ether oxygens (including phenoxy) is 2. The Labute approximate surface area is 215 Å². The molecule has 1 unspecified atom stereocenters. The van der Waals surface area contributed by atoms with Crippen LogP contribution >= 0.6 is 0 Å². The first kappa shape index (κ1) is 26.1. The predicted molar refractivity (Wildman–Crippen MR) is 136 cm³/mol. The number of sulfonamides is 1. The molecular formula is C27H26N2O7S. The van der Waals surface area contributed by atoms with E-state index in [4.69, 9.17) is 4.74 Å². The van der Waals surface area contributed by atoms with Crippen molar-refractivity contribution in [2.75, 3.05) is 25.7 Å². The molecule has 192 valence electrons. The topological polar surface area (TPSA) is 110 Å². The lowest BCUT2D eigenvalue weighted by Gasteiger charge is -2.27. The number of amides is 2. The number of hydrogen-bond donors (Lipinski definition) is 0. The van der Waals surface area contributed by atoms with E-state index in [9.17, 15) is 22.8 Å². The minimum atomic E-state index is -4.15. The Bertz CT molecular complexity index is 1390. The molecule has 0 spiro atoms.